The van der Waals surface area contributed by atoms with Crippen LogP contribution in [0.5, 0.6) is 17.2 Å². The number of hydrogen-bond acceptors (Lipinski definition) is 5. The fourth-order valence-corrected chi connectivity index (χ4v) is 2.28. The van der Waals surface area contributed by atoms with E-state index in [0.29, 0.717) is 41.7 Å². The fraction of sp³-hybridized carbons (Fsp3) is 0.278. The average Bonchev–Trinajstić information content (AvgIpc) is 2.61. The Morgan fingerprint density at radius 2 is 1.67 bits per heavy atom. The highest BCUT2D eigenvalue weighted by atomic mass is 16.5. The third-order valence-electron chi connectivity index (χ3n) is 3.39. The first-order valence-electron chi connectivity index (χ1n) is 7.60. The molecule has 24 heavy (non-hydrogen) atoms. The van der Waals surface area contributed by atoms with Gasteiger partial charge >= 0.3 is 0 Å². The predicted molar refractivity (Wildman–Crippen MR) is 92.9 cm³/mol. The van der Waals surface area contributed by atoms with Crippen molar-refractivity contribution in [3.63, 3.8) is 0 Å². The van der Waals surface area contributed by atoms with Crippen molar-refractivity contribution in [2.24, 2.45) is 5.73 Å². The number of anilines is 1. The van der Waals surface area contributed by atoms with Crippen molar-refractivity contribution >= 4 is 11.6 Å². The van der Waals surface area contributed by atoms with E-state index in [9.17, 15) is 4.79 Å². The molecular weight excluding hydrogens is 308 g/mol. The van der Waals surface area contributed by atoms with Gasteiger partial charge in [-0.15, -0.1) is 0 Å². The molecular formula is C18H22N2O4. The molecule has 0 radical (unpaired) electrons. The zero-order valence-electron chi connectivity index (χ0n) is 13.9. The minimum atomic E-state index is -0.159. The van der Waals surface area contributed by atoms with E-state index in [4.69, 9.17) is 19.9 Å². The van der Waals surface area contributed by atoms with Crippen molar-refractivity contribution in [2.75, 3.05) is 32.7 Å². The minimum Gasteiger partial charge on any atom is -0.496 e. The number of amides is 1. The Hall–Kier alpha value is -2.73. The van der Waals surface area contributed by atoms with Gasteiger partial charge in [0.2, 0.25) is 5.91 Å². The molecule has 6 nitrogen and oxygen atoms in total. The lowest BCUT2D eigenvalue weighted by molar-refractivity contribution is -0.115. The molecule has 0 aliphatic carbocycles. The molecule has 2 aromatic carbocycles. The van der Waals surface area contributed by atoms with Crippen LogP contribution in [0.1, 0.15) is 5.56 Å². The van der Waals surface area contributed by atoms with E-state index in [1.807, 2.05) is 6.07 Å². The van der Waals surface area contributed by atoms with Gasteiger partial charge in [-0.05, 0) is 36.4 Å². The van der Waals surface area contributed by atoms with Gasteiger partial charge in [0, 0.05) is 17.8 Å². The van der Waals surface area contributed by atoms with E-state index in [-0.39, 0.29) is 12.3 Å². The summed E-state index contributed by atoms with van der Waals surface area (Å²) in [6.07, 6.45) is 0.151. The summed E-state index contributed by atoms with van der Waals surface area (Å²) in [5.41, 5.74) is 6.79. The number of rotatable bonds is 8. The lowest BCUT2D eigenvalue weighted by atomic mass is 10.1. The third-order valence-corrected chi connectivity index (χ3v) is 3.39. The van der Waals surface area contributed by atoms with E-state index in [0.717, 1.165) is 0 Å². The van der Waals surface area contributed by atoms with Crippen LogP contribution in [0.15, 0.2) is 42.5 Å². The van der Waals surface area contributed by atoms with Gasteiger partial charge < -0.3 is 25.3 Å². The monoisotopic (exact) mass is 330 g/mol. The molecule has 1 amide bonds. The standard InChI is InChI=1S/C18H22N2O4/c1-22-16-4-3-5-17(23-2)15(16)12-18(21)20-13-6-8-14(9-7-13)24-11-10-19/h3-9H,10-12,19H2,1-2H3,(H,20,21). The summed E-state index contributed by atoms with van der Waals surface area (Å²) in [7, 11) is 3.13. The smallest absolute Gasteiger partial charge is 0.229 e. The number of nitrogens with two attached hydrogens (primary N) is 1. The fourth-order valence-electron chi connectivity index (χ4n) is 2.28. The average molecular weight is 330 g/mol. The first-order valence-corrected chi connectivity index (χ1v) is 7.60. The maximum absolute atomic E-state index is 12.3. The Morgan fingerprint density at radius 1 is 1.04 bits per heavy atom. The molecule has 0 atom stereocenters. The van der Waals surface area contributed by atoms with Crippen LogP contribution < -0.4 is 25.3 Å². The first kappa shape index (κ1) is 17.6. The van der Waals surface area contributed by atoms with Gasteiger partial charge in [-0.1, -0.05) is 6.07 Å². The second-order valence-corrected chi connectivity index (χ2v) is 5.03. The van der Waals surface area contributed by atoms with Gasteiger partial charge in [0.15, 0.2) is 0 Å². The van der Waals surface area contributed by atoms with Crippen LogP contribution in [0.3, 0.4) is 0 Å². The van der Waals surface area contributed by atoms with Gasteiger partial charge in [0.1, 0.15) is 23.9 Å². The molecule has 0 aliphatic heterocycles. The van der Waals surface area contributed by atoms with Gasteiger partial charge in [0.05, 0.1) is 20.6 Å². The molecule has 0 bridgehead atoms. The van der Waals surface area contributed by atoms with Crippen molar-refractivity contribution in [1.82, 2.24) is 0 Å². The second kappa shape index (κ2) is 8.79. The molecule has 0 aliphatic rings. The normalized spacial score (nSPS) is 10.1. The van der Waals surface area contributed by atoms with Crippen molar-refractivity contribution in [1.29, 1.82) is 0 Å². The minimum absolute atomic E-state index is 0.151. The Kier molecular flexibility index (Phi) is 6.45. The van der Waals surface area contributed by atoms with Crippen LogP contribution in [0.2, 0.25) is 0 Å². The summed E-state index contributed by atoms with van der Waals surface area (Å²) in [6, 6.07) is 12.6. The zero-order valence-corrected chi connectivity index (χ0v) is 13.9. The molecule has 0 aromatic heterocycles. The SMILES string of the molecule is COc1cccc(OC)c1CC(=O)Nc1ccc(OCCN)cc1. The highest BCUT2D eigenvalue weighted by Crippen LogP contribution is 2.29. The molecule has 0 heterocycles. The summed E-state index contributed by atoms with van der Waals surface area (Å²) in [5, 5.41) is 2.85. The Balaban J connectivity index is 2.03. The van der Waals surface area contributed by atoms with Crippen molar-refractivity contribution in [2.45, 2.75) is 6.42 Å². The Morgan fingerprint density at radius 3 is 2.21 bits per heavy atom. The number of ether oxygens (including phenoxy) is 3. The molecule has 128 valence electrons. The lowest BCUT2D eigenvalue weighted by Crippen LogP contribution is -2.15. The summed E-state index contributed by atoms with van der Waals surface area (Å²) in [6.45, 7) is 0.915. The molecule has 2 aromatic rings. The second-order valence-electron chi connectivity index (χ2n) is 5.03. The summed E-state index contributed by atoms with van der Waals surface area (Å²) in [5.74, 6) is 1.79. The molecule has 0 unspecified atom stereocenters. The lowest BCUT2D eigenvalue weighted by Gasteiger charge is -2.13. The quantitative estimate of drug-likeness (QED) is 0.775. The highest BCUT2D eigenvalue weighted by molar-refractivity contribution is 5.93. The van der Waals surface area contributed by atoms with Crippen LogP contribution in [0, 0.1) is 0 Å². The predicted octanol–water partition coefficient (Wildman–Crippen LogP) is 2.22. The molecule has 0 spiro atoms. The van der Waals surface area contributed by atoms with Crippen molar-refractivity contribution in [3.05, 3.63) is 48.0 Å². The molecule has 0 saturated heterocycles. The van der Waals surface area contributed by atoms with E-state index < -0.39 is 0 Å². The van der Waals surface area contributed by atoms with E-state index >= 15 is 0 Å². The molecule has 6 heteroatoms. The van der Waals surface area contributed by atoms with Crippen LogP contribution in [0.25, 0.3) is 0 Å². The molecule has 2 rings (SSSR count). The summed E-state index contributed by atoms with van der Waals surface area (Å²) in [4.78, 5) is 12.3. The van der Waals surface area contributed by atoms with Gasteiger partial charge in [-0.2, -0.15) is 0 Å². The summed E-state index contributed by atoms with van der Waals surface area (Å²) >= 11 is 0. The third kappa shape index (κ3) is 4.63. The number of carbonyl (C=O) groups excluding carboxylic acids is 1. The van der Waals surface area contributed by atoms with Gasteiger partial charge in [0.25, 0.3) is 0 Å². The van der Waals surface area contributed by atoms with Gasteiger partial charge in [-0.25, -0.2) is 0 Å². The zero-order chi connectivity index (χ0) is 17.4. The van der Waals surface area contributed by atoms with Crippen LogP contribution in [-0.4, -0.2) is 33.3 Å². The van der Waals surface area contributed by atoms with E-state index in [2.05, 4.69) is 5.32 Å². The highest BCUT2D eigenvalue weighted by Gasteiger charge is 2.14. The molecule has 0 fully saturated rings. The number of methoxy groups -OCH3 is 2. The summed E-state index contributed by atoms with van der Waals surface area (Å²) < 4.78 is 16.0. The molecule has 0 saturated carbocycles. The maximum Gasteiger partial charge on any atom is 0.229 e. The number of benzene rings is 2. The Bertz CT molecular complexity index is 649. The number of nitrogens with one attached hydrogen (secondary N) is 1. The van der Waals surface area contributed by atoms with Crippen LogP contribution >= 0.6 is 0 Å². The van der Waals surface area contributed by atoms with Crippen LogP contribution in [0.4, 0.5) is 5.69 Å². The largest absolute Gasteiger partial charge is 0.496 e. The van der Waals surface area contributed by atoms with Crippen molar-refractivity contribution in [3.8, 4) is 17.2 Å². The van der Waals surface area contributed by atoms with Gasteiger partial charge in [-0.3, -0.25) is 4.79 Å². The maximum atomic E-state index is 12.3. The van der Waals surface area contributed by atoms with E-state index in [1.54, 1.807) is 50.6 Å². The molecule has 3 N–H and O–H groups in total. The first-order chi connectivity index (χ1) is 11.7. The number of carbonyl (C=O) groups is 1. The number of hydrogen-bond donors (Lipinski definition) is 2. The Labute approximate surface area is 141 Å². The van der Waals surface area contributed by atoms with Crippen molar-refractivity contribution < 1.29 is 19.0 Å². The van der Waals surface area contributed by atoms with E-state index in [1.165, 1.54) is 0 Å². The van der Waals surface area contributed by atoms with Crippen LogP contribution in [-0.2, 0) is 11.2 Å². The topological polar surface area (TPSA) is 82.8 Å².